The summed E-state index contributed by atoms with van der Waals surface area (Å²) in [4.78, 5) is 0. The van der Waals surface area contributed by atoms with Crippen LogP contribution in [0, 0.1) is 0 Å². The van der Waals surface area contributed by atoms with Gasteiger partial charge in [0.15, 0.2) is 0 Å². The highest BCUT2D eigenvalue weighted by Gasteiger charge is 2.03. The van der Waals surface area contributed by atoms with Crippen molar-refractivity contribution in [3.8, 4) is 0 Å². The van der Waals surface area contributed by atoms with Crippen molar-refractivity contribution < 1.29 is 0 Å². The third kappa shape index (κ3) is 1.64. The van der Waals surface area contributed by atoms with Crippen LogP contribution < -0.4 is 5.73 Å². The van der Waals surface area contributed by atoms with Gasteiger partial charge in [-0.15, -0.1) is 0 Å². The Kier molecular flexibility index (Phi) is 2.17. The molecule has 1 heteroatoms. The molecule has 1 aliphatic rings. The first kappa shape index (κ1) is 8.11. The first-order valence-electron chi connectivity index (χ1n) is 4.58. The van der Waals surface area contributed by atoms with Crippen molar-refractivity contribution in [1.29, 1.82) is 0 Å². The number of fused-ring (bicyclic) bond motifs is 1. The second kappa shape index (κ2) is 3.48. The predicted octanol–water partition coefficient (Wildman–Crippen LogP) is 2.49. The van der Waals surface area contributed by atoms with Gasteiger partial charge >= 0.3 is 0 Å². The van der Waals surface area contributed by atoms with E-state index in [1.54, 1.807) is 0 Å². The number of hydrogen-bond donors (Lipinski definition) is 1. The van der Waals surface area contributed by atoms with Crippen molar-refractivity contribution in [2.75, 3.05) is 0 Å². The SMILES string of the molecule is N/C1=C\C=C/CCc2ccccc21. The van der Waals surface area contributed by atoms with Gasteiger partial charge in [0.2, 0.25) is 0 Å². The molecule has 0 aromatic heterocycles. The third-order valence-corrected chi connectivity index (χ3v) is 2.32. The van der Waals surface area contributed by atoms with E-state index in [0.717, 1.165) is 18.5 Å². The van der Waals surface area contributed by atoms with Crippen molar-refractivity contribution in [2.24, 2.45) is 5.73 Å². The average Bonchev–Trinajstić information content (AvgIpc) is 2.14. The van der Waals surface area contributed by atoms with Gasteiger partial charge in [-0.1, -0.05) is 36.4 Å². The molecule has 66 valence electrons. The number of benzene rings is 1. The minimum atomic E-state index is 0.867. The predicted molar refractivity (Wildman–Crippen MR) is 56.1 cm³/mol. The van der Waals surface area contributed by atoms with Crippen molar-refractivity contribution in [1.82, 2.24) is 0 Å². The molecule has 0 heterocycles. The van der Waals surface area contributed by atoms with Crippen molar-refractivity contribution in [2.45, 2.75) is 12.8 Å². The molecule has 0 fully saturated rings. The molecule has 2 rings (SSSR count). The maximum absolute atomic E-state index is 5.93. The number of aryl methyl sites for hydroxylation is 1. The molecule has 1 aliphatic carbocycles. The van der Waals surface area contributed by atoms with Crippen LogP contribution in [0.15, 0.2) is 42.5 Å². The lowest BCUT2D eigenvalue weighted by Gasteiger charge is -2.09. The number of rotatable bonds is 0. The normalized spacial score (nSPS) is 22.0. The van der Waals surface area contributed by atoms with Gasteiger partial charge in [0.25, 0.3) is 0 Å². The van der Waals surface area contributed by atoms with E-state index in [1.165, 1.54) is 11.1 Å². The smallest absolute Gasteiger partial charge is 0.0390 e. The fourth-order valence-electron chi connectivity index (χ4n) is 1.62. The zero-order chi connectivity index (χ0) is 9.10. The fourth-order valence-corrected chi connectivity index (χ4v) is 1.62. The van der Waals surface area contributed by atoms with E-state index >= 15 is 0 Å². The van der Waals surface area contributed by atoms with Crippen LogP contribution in [0.25, 0.3) is 5.70 Å². The Morgan fingerprint density at radius 3 is 2.92 bits per heavy atom. The molecule has 2 N–H and O–H groups in total. The topological polar surface area (TPSA) is 26.0 Å². The van der Waals surface area contributed by atoms with Gasteiger partial charge < -0.3 is 5.73 Å². The van der Waals surface area contributed by atoms with Crippen LogP contribution in [0.1, 0.15) is 17.5 Å². The summed E-state index contributed by atoms with van der Waals surface area (Å²) in [5.41, 5.74) is 9.33. The fraction of sp³-hybridized carbons (Fsp3) is 0.167. The van der Waals surface area contributed by atoms with Crippen LogP contribution in [-0.2, 0) is 6.42 Å². The van der Waals surface area contributed by atoms with Crippen LogP contribution >= 0.6 is 0 Å². The number of nitrogens with two attached hydrogens (primary N) is 1. The lowest BCUT2D eigenvalue weighted by molar-refractivity contribution is 0.991. The summed E-state index contributed by atoms with van der Waals surface area (Å²) < 4.78 is 0. The Balaban J connectivity index is 2.52. The van der Waals surface area contributed by atoms with Crippen LogP contribution in [0.5, 0.6) is 0 Å². The van der Waals surface area contributed by atoms with E-state index in [4.69, 9.17) is 5.73 Å². The maximum Gasteiger partial charge on any atom is 0.0390 e. The third-order valence-electron chi connectivity index (χ3n) is 2.32. The second-order valence-corrected chi connectivity index (χ2v) is 3.25. The molecule has 0 aliphatic heterocycles. The summed E-state index contributed by atoms with van der Waals surface area (Å²) in [6, 6.07) is 8.33. The highest BCUT2D eigenvalue weighted by Crippen LogP contribution is 2.18. The van der Waals surface area contributed by atoms with Gasteiger partial charge in [-0.2, -0.15) is 0 Å². The average molecular weight is 171 g/mol. The van der Waals surface area contributed by atoms with E-state index in [-0.39, 0.29) is 0 Å². The zero-order valence-corrected chi connectivity index (χ0v) is 7.53. The molecule has 0 radical (unpaired) electrons. The minimum Gasteiger partial charge on any atom is -0.398 e. The minimum absolute atomic E-state index is 0.867. The molecular formula is C12H13N. The van der Waals surface area contributed by atoms with E-state index < -0.39 is 0 Å². The van der Waals surface area contributed by atoms with Crippen LogP contribution in [0.3, 0.4) is 0 Å². The second-order valence-electron chi connectivity index (χ2n) is 3.25. The molecule has 0 amide bonds. The first-order valence-corrected chi connectivity index (χ1v) is 4.58. The standard InChI is InChI=1S/C12H13N/c13-12-9-3-1-2-6-10-7-4-5-8-11(10)12/h1,3-5,7-9H,2,6,13H2/b3-1-,12-9-. The van der Waals surface area contributed by atoms with Gasteiger partial charge in [-0.05, 0) is 24.5 Å². The van der Waals surface area contributed by atoms with Crippen molar-refractivity contribution in [3.05, 3.63) is 53.6 Å². The number of hydrogen-bond acceptors (Lipinski definition) is 1. The molecule has 1 aromatic rings. The molecule has 13 heavy (non-hydrogen) atoms. The van der Waals surface area contributed by atoms with Crippen LogP contribution in [0.2, 0.25) is 0 Å². The summed E-state index contributed by atoms with van der Waals surface area (Å²) in [7, 11) is 0. The Hall–Kier alpha value is -1.50. The highest BCUT2D eigenvalue weighted by atomic mass is 14.6. The van der Waals surface area contributed by atoms with Gasteiger partial charge in [-0.25, -0.2) is 0 Å². The van der Waals surface area contributed by atoms with Crippen LogP contribution in [-0.4, -0.2) is 0 Å². The lowest BCUT2D eigenvalue weighted by Crippen LogP contribution is -2.01. The highest BCUT2D eigenvalue weighted by molar-refractivity contribution is 5.67. The van der Waals surface area contributed by atoms with E-state index in [0.29, 0.717) is 0 Å². The molecular weight excluding hydrogens is 158 g/mol. The van der Waals surface area contributed by atoms with E-state index in [9.17, 15) is 0 Å². The molecule has 0 unspecified atom stereocenters. The van der Waals surface area contributed by atoms with Gasteiger partial charge in [0, 0.05) is 11.3 Å². The Labute approximate surface area is 78.6 Å². The van der Waals surface area contributed by atoms with Gasteiger partial charge in [0.05, 0.1) is 0 Å². The Morgan fingerprint density at radius 2 is 2.00 bits per heavy atom. The summed E-state index contributed by atoms with van der Waals surface area (Å²) in [6.07, 6.45) is 8.34. The molecule has 0 spiro atoms. The number of allylic oxidation sites excluding steroid dienone is 3. The van der Waals surface area contributed by atoms with Gasteiger partial charge in [-0.3, -0.25) is 0 Å². The quantitative estimate of drug-likeness (QED) is 0.637. The largest absolute Gasteiger partial charge is 0.398 e. The lowest BCUT2D eigenvalue weighted by atomic mass is 9.98. The molecule has 0 saturated heterocycles. The van der Waals surface area contributed by atoms with E-state index in [2.05, 4.69) is 24.3 Å². The molecule has 0 atom stereocenters. The molecule has 1 nitrogen and oxygen atoms in total. The first-order chi connectivity index (χ1) is 6.38. The maximum atomic E-state index is 5.93. The molecule has 1 aromatic carbocycles. The summed E-state index contributed by atoms with van der Waals surface area (Å²) in [6.45, 7) is 0. The van der Waals surface area contributed by atoms with Crippen LogP contribution in [0.4, 0.5) is 0 Å². The molecule has 0 bridgehead atoms. The zero-order valence-electron chi connectivity index (χ0n) is 7.53. The molecule has 0 saturated carbocycles. The van der Waals surface area contributed by atoms with E-state index in [1.807, 2.05) is 18.2 Å². The summed E-state index contributed by atoms with van der Waals surface area (Å²) >= 11 is 0. The summed E-state index contributed by atoms with van der Waals surface area (Å²) in [5, 5.41) is 0. The van der Waals surface area contributed by atoms with Gasteiger partial charge in [0.1, 0.15) is 0 Å². The van der Waals surface area contributed by atoms with Crippen molar-refractivity contribution in [3.63, 3.8) is 0 Å². The Morgan fingerprint density at radius 1 is 1.15 bits per heavy atom. The monoisotopic (exact) mass is 171 g/mol. The summed E-state index contributed by atoms with van der Waals surface area (Å²) in [5.74, 6) is 0. The van der Waals surface area contributed by atoms with Crippen molar-refractivity contribution >= 4 is 5.70 Å². The Bertz CT molecular complexity index is 361.